The molecule has 27 heavy (non-hydrogen) atoms. The van der Waals surface area contributed by atoms with Crippen LogP contribution in [0.3, 0.4) is 0 Å². The number of nitrogens with zero attached hydrogens (tertiary/aromatic N) is 3. The van der Waals surface area contributed by atoms with E-state index < -0.39 is 23.1 Å². The average Bonchev–Trinajstić information content (AvgIpc) is 3.22. The molecule has 144 valence electrons. The van der Waals surface area contributed by atoms with Crippen molar-refractivity contribution in [2.24, 2.45) is 20.0 Å². The highest BCUT2D eigenvalue weighted by Gasteiger charge is 2.31. The molecule has 1 aliphatic rings. The van der Waals surface area contributed by atoms with Gasteiger partial charge < -0.3 is 14.1 Å². The fourth-order valence-electron chi connectivity index (χ4n) is 3.09. The number of rotatable bonds is 4. The third-order valence-electron chi connectivity index (χ3n) is 4.76. The minimum absolute atomic E-state index is 0.177. The Labute approximate surface area is 154 Å². The summed E-state index contributed by atoms with van der Waals surface area (Å²) < 4.78 is 12.7. The van der Waals surface area contributed by atoms with Crippen LogP contribution in [0.15, 0.2) is 38.5 Å². The van der Waals surface area contributed by atoms with E-state index in [0.29, 0.717) is 25.1 Å². The molecule has 2 aromatic rings. The van der Waals surface area contributed by atoms with E-state index in [1.165, 1.54) is 31.0 Å². The van der Waals surface area contributed by atoms with Crippen molar-refractivity contribution in [2.45, 2.75) is 19.4 Å². The Bertz CT molecular complexity index is 956. The Kier molecular flexibility index (Phi) is 5.29. The maximum absolute atomic E-state index is 12.4. The van der Waals surface area contributed by atoms with Crippen LogP contribution in [0.5, 0.6) is 0 Å². The SMILES string of the molecule is Cn1c(COC(=O)[C@@H]2CCCN(C(=O)c3ccco3)C2)cc(=O)n(C)c1=O. The van der Waals surface area contributed by atoms with E-state index >= 15 is 0 Å². The predicted octanol–water partition coefficient (Wildman–Crippen LogP) is 0.273. The van der Waals surface area contributed by atoms with E-state index in [1.807, 2.05) is 0 Å². The Morgan fingerprint density at radius 1 is 1.26 bits per heavy atom. The number of hydrogen-bond donors (Lipinski definition) is 0. The highest BCUT2D eigenvalue weighted by molar-refractivity contribution is 5.91. The third-order valence-corrected chi connectivity index (χ3v) is 4.76. The number of carbonyl (C=O) groups excluding carboxylic acids is 2. The van der Waals surface area contributed by atoms with Crippen LogP contribution >= 0.6 is 0 Å². The quantitative estimate of drug-likeness (QED) is 0.711. The molecule has 0 saturated carbocycles. The number of likely N-dealkylation sites (tertiary alicyclic amines) is 1. The van der Waals surface area contributed by atoms with E-state index in [2.05, 4.69) is 0 Å². The van der Waals surface area contributed by atoms with Crippen LogP contribution in [0, 0.1) is 5.92 Å². The van der Waals surface area contributed by atoms with Crippen molar-refractivity contribution >= 4 is 11.9 Å². The van der Waals surface area contributed by atoms with Gasteiger partial charge in [0, 0.05) is 33.3 Å². The first-order valence-electron chi connectivity index (χ1n) is 8.64. The third kappa shape index (κ3) is 3.86. The molecule has 1 saturated heterocycles. The van der Waals surface area contributed by atoms with Gasteiger partial charge in [-0.25, -0.2) is 4.79 Å². The van der Waals surface area contributed by atoms with Crippen molar-refractivity contribution in [3.63, 3.8) is 0 Å². The number of furan rings is 1. The zero-order chi connectivity index (χ0) is 19.6. The largest absolute Gasteiger partial charge is 0.459 e. The summed E-state index contributed by atoms with van der Waals surface area (Å²) in [5, 5.41) is 0. The molecule has 0 aromatic carbocycles. The molecule has 1 amide bonds. The van der Waals surface area contributed by atoms with Crippen molar-refractivity contribution in [2.75, 3.05) is 13.1 Å². The Morgan fingerprint density at radius 2 is 2.04 bits per heavy atom. The molecule has 0 unspecified atom stereocenters. The van der Waals surface area contributed by atoms with E-state index in [-0.39, 0.29) is 24.8 Å². The molecule has 1 atom stereocenters. The minimum atomic E-state index is -0.485. The second-order valence-corrected chi connectivity index (χ2v) is 6.55. The van der Waals surface area contributed by atoms with Crippen molar-refractivity contribution in [3.8, 4) is 0 Å². The lowest BCUT2D eigenvalue weighted by Crippen LogP contribution is -2.43. The van der Waals surface area contributed by atoms with E-state index in [9.17, 15) is 19.2 Å². The number of amides is 1. The summed E-state index contributed by atoms with van der Waals surface area (Å²) in [5.41, 5.74) is -0.630. The lowest BCUT2D eigenvalue weighted by atomic mass is 9.98. The second-order valence-electron chi connectivity index (χ2n) is 6.55. The normalized spacial score (nSPS) is 17.0. The van der Waals surface area contributed by atoms with Gasteiger partial charge in [-0.3, -0.25) is 23.5 Å². The molecule has 2 aromatic heterocycles. The molecule has 1 aliphatic heterocycles. The first-order valence-corrected chi connectivity index (χ1v) is 8.64. The molecular weight excluding hydrogens is 354 g/mol. The summed E-state index contributed by atoms with van der Waals surface area (Å²) in [6.07, 6.45) is 2.71. The molecule has 0 N–H and O–H groups in total. The van der Waals surface area contributed by atoms with Crippen molar-refractivity contribution < 1.29 is 18.7 Å². The van der Waals surface area contributed by atoms with Crippen LogP contribution in [-0.4, -0.2) is 39.0 Å². The first kappa shape index (κ1) is 18.7. The van der Waals surface area contributed by atoms with E-state index in [1.54, 1.807) is 17.0 Å². The van der Waals surface area contributed by atoms with Gasteiger partial charge in [-0.2, -0.15) is 0 Å². The molecule has 9 nitrogen and oxygen atoms in total. The van der Waals surface area contributed by atoms with Gasteiger partial charge >= 0.3 is 11.7 Å². The fourth-order valence-corrected chi connectivity index (χ4v) is 3.09. The van der Waals surface area contributed by atoms with Crippen molar-refractivity contribution in [1.29, 1.82) is 0 Å². The average molecular weight is 375 g/mol. The number of aromatic nitrogens is 2. The molecule has 9 heteroatoms. The zero-order valence-electron chi connectivity index (χ0n) is 15.2. The molecule has 0 radical (unpaired) electrons. The van der Waals surface area contributed by atoms with Gasteiger partial charge in [-0.1, -0.05) is 0 Å². The fraction of sp³-hybridized carbons (Fsp3) is 0.444. The summed E-state index contributed by atoms with van der Waals surface area (Å²) in [6, 6.07) is 4.49. The Morgan fingerprint density at radius 3 is 2.74 bits per heavy atom. The molecule has 0 aliphatic carbocycles. The molecule has 0 spiro atoms. The Hall–Kier alpha value is -3.10. The molecule has 0 bridgehead atoms. The van der Waals surface area contributed by atoms with Gasteiger partial charge in [-0.15, -0.1) is 0 Å². The van der Waals surface area contributed by atoms with E-state index in [0.717, 1.165) is 4.57 Å². The topological polar surface area (TPSA) is 104 Å². The molecule has 3 rings (SSSR count). The van der Waals surface area contributed by atoms with Gasteiger partial charge in [0.2, 0.25) is 0 Å². The van der Waals surface area contributed by atoms with Gasteiger partial charge in [0.15, 0.2) is 5.76 Å². The van der Waals surface area contributed by atoms with Gasteiger partial charge in [0.05, 0.1) is 17.9 Å². The number of carbonyl (C=O) groups is 2. The van der Waals surface area contributed by atoms with Crippen LogP contribution in [0.2, 0.25) is 0 Å². The van der Waals surface area contributed by atoms with Crippen LogP contribution in [-0.2, 0) is 30.2 Å². The number of hydrogen-bond acceptors (Lipinski definition) is 6. The Balaban J connectivity index is 1.64. The summed E-state index contributed by atoms with van der Waals surface area (Å²) in [7, 11) is 2.89. The maximum atomic E-state index is 12.4. The van der Waals surface area contributed by atoms with Gasteiger partial charge in [-0.05, 0) is 25.0 Å². The number of piperidine rings is 1. The van der Waals surface area contributed by atoms with Crippen LogP contribution in [0.4, 0.5) is 0 Å². The molecule has 3 heterocycles. The zero-order valence-corrected chi connectivity index (χ0v) is 15.2. The lowest BCUT2D eigenvalue weighted by Gasteiger charge is -2.31. The van der Waals surface area contributed by atoms with Crippen molar-refractivity contribution in [1.82, 2.24) is 14.0 Å². The highest BCUT2D eigenvalue weighted by Crippen LogP contribution is 2.20. The highest BCUT2D eigenvalue weighted by atomic mass is 16.5. The van der Waals surface area contributed by atoms with Crippen LogP contribution < -0.4 is 11.2 Å². The smallest absolute Gasteiger partial charge is 0.330 e. The molecule has 1 fully saturated rings. The summed E-state index contributed by atoms with van der Waals surface area (Å²) >= 11 is 0. The second kappa shape index (κ2) is 7.65. The first-order chi connectivity index (χ1) is 12.9. The summed E-state index contributed by atoms with van der Waals surface area (Å²) in [4.78, 5) is 50.0. The van der Waals surface area contributed by atoms with Crippen LogP contribution in [0.1, 0.15) is 29.1 Å². The van der Waals surface area contributed by atoms with E-state index in [4.69, 9.17) is 9.15 Å². The number of esters is 1. The van der Waals surface area contributed by atoms with Crippen LogP contribution in [0.25, 0.3) is 0 Å². The van der Waals surface area contributed by atoms with Gasteiger partial charge in [0.1, 0.15) is 6.61 Å². The minimum Gasteiger partial charge on any atom is -0.459 e. The summed E-state index contributed by atoms with van der Waals surface area (Å²) in [6.45, 7) is 0.615. The van der Waals surface area contributed by atoms with Gasteiger partial charge in [0.25, 0.3) is 11.5 Å². The van der Waals surface area contributed by atoms with Crippen molar-refractivity contribution in [3.05, 3.63) is 56.8 Å². The summed E-state index contributed by atoms with van der Waals surface area (Å²) in [5.74, 6) is -0.938. The predicted molar refractivity (Wildman–Crippen MR) is 94.1 cm³/mol. The standard InChI is InChI=1S/C18H21N3O6/c1-19-13(9-15(22)20(2)18(19)25)11-27-17(24)12-5-3-7-21(10-12)16(23)14-6-4-8-26-14/h4,6,8-9,12H,3,5,7,10-11H2,1-2H3/t12-/m1/s1. The molecular formula is C18H21N3O6. The number of ether oxygens (including phenoxy) is 1. The lowest BCUT2D eigenvalue weighted by molar-refractivity contribution is -0.151. The monoisotopic (exact) mass is 375 g/mol. The maximum Gasteiger partial charge on any atom is 0.330 e.